The van der Waals surface area contributed by atoms with Gasteiger partial charge in [-0.25, -0.2) is 0 Å². The van der Waals surface area contributed by atoms with Crippen LogP contribution in [-0.2, 0) is 4.74 Å². The van der Waals surface area contributed by atoms with Gasteiger partial charge in [0.1, 0.15) is 0 Å². The highest BCUT2D eigenvalue weighted by Gasteiger charge is 2.25. The van der Waals surface area contributed by atoms with Gasteiger partial charge in [-0.1, -0.05) is 40.5 Å². The molecule has 15 heavy (non-hydrogen) atoms. The zero-order valence-electron chi connectivity index (χ0n) is 10.8. The van der Waals surface area contributed by atoms with E-state index in [-0.39, 0.29) is 5.41 Å². The summed E-state index contributed by atoms with van der Waals surface area (Å²) in [6.45, 7) is 10.9. The Morgan fingerprint density at radius 3 is 2.33 bits per heavy atom. The van der Waals surface area contributed by atoms with Crippen molar-refractivity contribution >= 4 is 0 Å². The Morgan fingerprint density at radius 2 is 1.87 bits per heavy atom. The molecule has 1 rings (SSSR count). The molecule has 1 aliphatic carbocycles. The number of nitrogens with one attached hydrogen (secondary N) is 1. The van der Waals surface area contributed by atoms with Crippen molar-refractivity contribution in [2.75, 3.05) is 13.2 Å². The van der Waals surface area contributed by atoms with E-state index in [1.165, 1.54) is 25.7 Å². The summed E-state index contributed by atoms with van der Waals surface area (Å²) in [4.78, 5) is 0. The number of likely N-dealkylation sites (N-methyl/N-ethyl adjacent to an activating group) is 1. The maximum atomic E-state index is 5.98. The van der Waals surface area contributed by atoms with Crippen LogP contribution in [0.5, 0.6) is 0 Å². The SMILES string of the molecule is CCNC(COC1CCCC1)C(C)(C)C. The molecule has 0 saturated heterocycles. The summed E-state index contributed by atoms with van der Waals surface area (Å²) >= 11 is 0. The fourth-order valence-corrected chi connectivity index (χ4v) is 2.15. The molecule has 0 heterocycles. The van der Waals surface area contributed by atoms with E-state index in [0.29, 0.717) is 12.1 Å². The fourth-order valence-electron chi connectivity index (χ4n) is 2.15. The molecule has 2 heteroatoms. The molecule has 0 radical (unpaired) electrons. The zero-order chi connectivity index (χ0) is 11.3. The lowest BCUT2D eigenvalue weighted by Crippen LogP contribution is -2.44. The Balaban J connectivity index is 2.30. The molecule has 0 aromatic rings. The highest BCUT2D eigenvalue weighted by molar-refractivity contribution is 4.80. The van der Waals surface area contributed by atoms with Crippen LogP contribution in [0.25, 0.3) is 0 Å². The van der Waals surface area contributed by atoms with Crippen LogP contribution in [0.4, 0.5) is 0 Å². The molecule has 1 atom stereocenters. The van der Waals surface area contributed by atoms with Crippen LogP contribution in [0.1, 0.15) is 53.4 Å². The highest BCUT2D eigenvalue weighted by atomic mass is 16.5. The maximum Gasteiger partial charge on any atom is 0.0628 e. The van der Waals surface area contributed by atoms with E-state index in [1.807, 2.05) is 0 Å². The van der Waals surface area contributed by atoms with E-state index >= 15 is 0 Å². The third-order valence-corrected chi connectivity index (χ3v) is 3.30. The number of rotatable bonds is 5. The quantitative estimate of drug-likeness (QED) is 0.758. The number of hydrogen-bond donors (Lipinski definition) is 1. The number of ether oxygens (including phenoxy) is 1. The van der Waals surface area contributed by atoms with Crippen molar-refractivity contribution < 1.29 is 4.74 Å². The second kappa shape index (κ2) is 5.86. The summed E-state index contributed by atoms with van der Waals surface area (Å²) in [5.74, 6) is 0. The third kappa shape index (κ3) is 4.52. The predicted octanol–water partition coefficient (Wildman–Crippen LogP) is 2.97. The Morgan fingerprint density at radius 1 is 1.27 bits per heavy atom. The Kier molecular flexibility index (Phi) is 5.07. The van der Waals surface area contributed by atoms with Gasteiger partial charge < -0.3 is 10.1 Å². The second-order valence-electron chi connectivity index (χ2n) is 5.72. The number of hydrogen-bond acceptors (Lipinski definition) is 2. The molecule has 2 nitrogen and oxygen atoms in total. The summed E-state index contributed by atoms with van der Waals surface area (Å²) < 4.78 is 5.98. The molecule has 0 aromatic heterocycles. The van der Waals surface area contributed by atoms with Crippen molar-refractivity contribution in [3.8, 4) is 0 Å². The van der Waals surface area contributed by atoms with Gasteiger partial charge in [-0.3, -0.25) is 0 Å². The molecule has 1 fully saturated rings. The summed E-state index contributed by atoms with van der Waals surface area (Å²) in [6, 6.07) is 0.475. The Hall–Kier alpha value is -0.0800. The van der Waals surface area contributed by atoms with Crippen molar-refractivity contribution in [3.63, 3.8) is 0 Å². The molecule has 0 aliphatic heterocycles. The largest absolute Gasteiger partial charge is 0.377 e. The minimum Gasteiger partial charge on any atom is -0.377 e. The van der Waals surface area contributed by atoms with Gasteiger partial charge in [0, 0.05) is 6.04 Å². The molecular weight excluding hydrogens is 186 g/mol. The van der Waals surface area contributed by atoms with Gasteiger partial charge in [-0.15, -0.1) is 0 Å². The molecule has 0 aromatic carbocycles. The molecule has 1 aliphatic rings. The van der Waals surface area contributed by atoms with Crippen LogP contribution < -0.4 is 5.32 Å². The molecule has 90 valence electrons. The lowest BCUT2D eigenvalue weighted by molar-refractivity contribution is 0.0212. The molecule has 1 unspecified atom stereocenters. The average molecular weight is 213 g/mol. The van der Waals surface area contributed by atoms with Crippen LogP contribution in [-0.4, -0.2) is 25.3 Å². The standard InChI is InChI=1S/C13H27NO/c1-5-14-12(13(2,3)4)10-15-11-8-6-7-9-11/h11-12,14H,5-10H2,1-4H3. The van der Waals surface area contributed by atoms with Crippen LogP contribution in [0.15, 0.2) is 0 Å². The van der Waals surface area contributed by atoms with Crippen LogP contribution in [0, 0.1) is 5.41 Å². The second-order valence-corrected chi connectivity index (χ2v) is 5.72. The van der Waals surface area contributed by atoms with Crippen molar-refractivity contribution in [1.29, 1.82) is 0 Å². The van der Waals surface area contributed by atoms with Gasteiger partial charge in [-0.2, -0.15) is 0 Å². The predicted molar refractivity (Wildman–Crippen MR) is 65.1 cm³/mol. The first-order valence-corrected chi connectivity index (χ1v) is 6.39. The van der Waals surface area contributed by atoms with Crippen LogP contribution >= 0.6 is 0 Å². The summed E-state index contributed by atoms with van der Waals surface area (Å²) in [5, 5.41) is 3.52. The lowest BCUT2D eigenvalue weighted by Gasteiger charge is -2.32. The smallest absolute Gasteiger partial charge is 0.0628 e. The highest BCUT2D eigenvalue weighted by Crippen LogP contribution is 2.24. The molecule has 1 saturated carbocycles. The van der Waals surface area contributed by atoms with Gasteiger partial charge in [0.25, 0.3) is 0 Å². The van der Waals surface area contributed by atoms with E-state index in [9.17, 15) is 0 Å². The third-order valence-electron chi connectivity index (χ3n) is 3.30. The first-order valence-electron chi connectivity index (χ1n) is 6.39. The minimum atomic E-state index is 0.286. The van der Waals surface area contributed by atoms with Gasteiger partial charge in [0.2, 0.25) is 0 Å². The van der Waals surface area contributed by atoms with E-state index < -0.39 is 0 Å². The zero-order valence-corrected chi connectivity index (χ0v) is 10.8. The molecule has 0 amide bonds. The van der Waals surface area contributed by atoms with Crippen molar-refractivity contribution in [1.82, 2.24) is 5.32 Å². The average Bonchev–Trinajstić information content (AvgIpc) is 2.62. The van der Waals surface area contributed by atoms with Gasteiger partial charge in [0.15, 0.2) is 0 Å². The summed E-state index contributed by atoms with van der Waals surface area (Å²) in [5.41, 5.74) is 0.286. The normalized spacial score (nSPS) is 20.8. The molecular formula is C13H27NO. The molecule has 0 bridgehead atoms. The summed E-state index contributed by atoms with van der Waals surface area (Å²) in [7, 11) is 0. The first kappa shape index (κ1) is 13.0. The summed E-state index contributed by atoms with van der Waals surface area (Å²) in [6.07, 6.45) is 5.78. The maximum absolute atomic E-state index is 5.98. The van der Waals surface area contributed by atoms with E-state index in [4.69, 9.17) is 4.74 Å². The topological polar surface area (TPSA) is 21.3 Å². The fraction of sp³-hybridized carbons (Fsp3) is 1.00. The molecule has 0 spiro atoms. The van der Waals surface area contributed by atoms with Crippen molar-refractivity contribution in [3.05, 3.63) is 0 Å². The van der Waals surface area contributed by atoms with Crippen molar-refractivity contribution in [2.24, 2.45) is 5.41 Å². The molecule has 1 N–H and O–H groups in total. The van der Waals surface area contributed by atoms with Gasteiger partial charge >= 0.3 is 0 Å². The monoisotopic (exact) mass is 213 g/mol. The van der Waals surface area contributed by atoms with E-state index in [2.05, 4.69) is 33.0 Å². The van der Waals surface area contributed by atoms with Gasteiger partial charge in [0.05, 0.1) is 12.7 Å². The minimum absolute atomic E-state index is 0.286. The van der Waals surface area contributed by atoms with Crippen LogP contribution in [0.2, 0.25) is 0 Å². The Bertz CT molecular complexity index is 168. The first-order chi connectivity index (χ1) is 7.04. The lowest BCUT2D eigenvalue weighted by atomic mass is 9.87. The van der Waals surface area contributed by atoms with Crippen LogP contribution in [0.3, 0.4) is 0 Å². The van der Waals surface area contributed by atoms with Crippen molar-refractivity contribution in [2.45, 2.75) is 65.5 Å². The van der Waals surface area contributed by atoms with Gasteiger partial charge in [-0.05, 0) is 24.8 Å². The van der Waals surface area contributed by atoms with E-state index in [0.717, 1.165) is 13.2 Å². The Labute approximate surface area is 94.8 Å². The van der Waals surface area contributed by atoms with E-state index in [1.54, 1.807) is 0 Å².